The lowest BCUT2D eigenvalue weighted by atomic mass is 9.58. The molecule has 7 nitrogen and oxygen atoms in total. The van der Waals surface area contributed by atoms with E-state index in [1.54, 1.807) is 0 Å². The van der Waals surface area contributed by atoms with Gasteiger partial charge in [-0.05, 0) is 50.2 Å². The topological polar surface area (TPSA) is 75.3 Å². The smallest absolute Gasteiger partial charge is 0.413 e. The fraction of sp³-hybridized carbons (Fsp3) is 0.682. The third kappa shape index (κ3) is 3.06. The zero-order valence-corrected chi connectivity index (χ0v) is 17.1. The Morgan fingerprint density at radius 1 is 1.10 bits per heavy atom. The van der Waals surface area contributed by atoms with Gasteiger partial charge in [-0.25, -0.2) is 14.6 Å². The predicted octanol–water partition coefficient (Wildman–Crippen LogP) is 4.44. The van der Waals surface area contributed by atoms with E-state index >= 15 is 0 Å². The number of carbonyl (C=O) groups is 1. The molecule has 2 bridgehead atoms. The maximum Gasteiger partial charge on any atom is 0.413 e. The standard InChI is InChI=1S/C22H29NO6/c1-13-9-10-17-14(2)18(26-20(24)23-15-7-5-4-6-8-15)25-19-22(17)16(13)11-12-21(3,27-19)28-29-22/h4-8,13-14,16-19H,9-12H2,1-3H3,(H,23,24). The van der Waals surface area contributed by atoms with Crippen LogP contribution in [0.25, 0.3) is 0 Å². The van der Waals surface area contributed by atoms with Crippen LogP contribution < -0.4 is 5.32 Å². The maximum absolute atomic E-state index is 12.5. The number of benzene rings is 1. The van der Waals surface area contributed by atoms with E-state index < -0.39 is 30.1 Å². The zero-order valence-electron chi connectivity index (χ0n) is 17.1. The van der Waals surface area contributed by atoms with Gasteiger partial charge >= 0.3 is 6.09 Å². The van der Waals surface area contributed by atoms with Gasteiger partial charge in [0.2, 0.25) is 12.1 Å². The highest BCUT2D eigenvalue weighted by Gasteiger charge is 2.69. The first kappa shape index (κ1) is 19.3. The lowest BCUT2D eigenvalue weighted by Gasteiger charge is -2.59. The lowest BCUT2D eigenvalue weighted by Crippen LogP contribution is -2.70. The number of carbonyl (C=O) groups excluding carboxylic acids is 1. The lowest BCUT2D eigenvalue weighted by molar-refractivity contribution is -0.576. The molecule has 4 saturated heterocycles. The van der Waals surface area contributed by atoms with E-state index in [1.807, 2.05) is 37.3 Å². The van der Waals surface area contributed by atoms with Crippen LogP contribution in [-0.4, -0.2) is 30.1 Å². The van der Waals surface area contributed by atoms with Gasteiger partial charge in [0.05, 0.1) is 0 Å². The van der Waals surface area contributed by atoms with Crippen molar-refractivity contribution in [3.63, 3.8) is 0 Å². The van der Waals surface area contributed by atoms with Gasteiger partial charge in [0.15, 0.2) is 11.9 Å². The summed E-state index contributed by atoms with van der Waals surface area (Å²) < 4.78 is 18.2. The largest absolute Gasteiger partial charge is 0.419 e. The van der Waals surface area contributed by atoms with Crippen LogP contribution in [0.3, 0.4) is 0 Å². The van der Waals surface area contributed by atoms with Crippen molar-refractivity contribution in [3.8, 4) is 0 Å². The van der Waals surface area contributed by atoms with Crippen LogP contribution in [0.4, 0.5) is 10.5 Å². The number of hydrogen-bond donors (Lipinski definition) is 1. The van der Waals surface area contributed by atoms with Crippen molar-refractivity contribution in [2.24, 2.45) is 23.7 Å². The Morgan fingerprint density at radius 2 is 1.90 bits per heavy atom. The molecule has 8 atom stereocenters. The summed E-state index contributed by atoms with van der Waals surface area (Å²) in [6.07, 6.45) is 1.93. The fourth-order valence-corrected chi connectivity index (χ4v) is 5.78. The Morgan fingerprint density at radius 3 is 2.69 bits per heavy atom. The normalized spacial score (nSPS) is 45.8. The van der Waals surface area contributed by atoms with E-state index in [0.717, 1.165) is 25.7 Å². The molecule has 1 aromatic rings. The van der Waals surface area contributed by atoms with Crippen molar-refractivity contribution in [1.29, 1.82) is 0 Å². The summed E-state index contributed by atoms with van der Waals surface area (Å²) in [4.78, 5) is 24.4. The SMILES string of the molecule is CC1CCC2C(C)C(OC(=O)Nc3ccccc3)OC3OC4(C)CCC1C32OO4. The van der Waals surface area contributed by atoms with E-state index in [2.05, 4.69) is 19.2 Å². The van der Waals surface area contributed by atoms with Crippen molar-refractivity contribution in [2.45, 2.75) is 70.4 Å². The molecule has 1 aromatic carbocycles. The first-order valence-electron chi connectivity index (χ1n) is 10.6. The Hall–Kier alpha value is -1.67. The van der Waals surface area contributed by atoms with Gasteiger partial charge in [-0.3, -0.25) is 5.32 Å². The first-order chi connectivity index (χ1) is 13.9. The zero-order chi connectivity index (χ0) is 20.2. The van der Waals surface area contributed by atoms with Gasteiger partial charge < -0.3 is 14.2 Å². The summed E-state index contributed by atoms with van der Waals surface area (Å²) in [5.74, 6) is 0.0276. The summed E-state index contributed by atoms with van der Waals surface area (Å²) in [5.41, 5.74) is 0.0288. The monoisotopic (exact) mass is 403 g/mol. The second-order valence-electron chi connectivity index (χ2n) is 9.17. The van der Waals surface area contributed by atoms with Crippen LogP contribution in [0.2, 0.25) is 0 Å². The number of para-hydroxylation sites is 1. The minimum Gasteiger partial charge on any atom is -0.419 e. The molecule has 1 N–H and O–H groups in total. The fourth-order valence-electron chi connectivity index (χ4n) is 5.78. The van der Waals surface area contributed by atoms with E-state index in [9.17, 15) is 4.79 Å². The van der Waals surface area contributed by atoms with Crippen LogP contribution in [0, 0.1) is 23.7 Å². The van der Waals surface area contributed by atoms with Gasteiger partial charge in [0.25, 0.3) is 0 Å². The number of fused-ring (bicyclic) bond motifs is 2. The second-order valence-corrected chi connectivity index (χ2v) is 9.17. The van der Waals surface area contributed by atoms with Gasteiger partial charge in [-0.1, -0.05) is 32.0 Å². The molecule has 1 aliphatic carbocycles. The molecular formula is C22H29NO6. The van der Waals surface area contributed by atoms with Crippen LogP contribution in [0.5, 0.6) is 0 Å². The Labute approximate surface area is 170 Å². The summed E-state index contributed by atoms with van der Waals surface area (Å²) in [5, 5.41) is 2.76. The molecule has 5 fully saturated rings. The Bertz CT molecular complexity index is 774. The third-order valence-corrected chi connectivity index (χ3v) is 7.34. The Kier molecular flexibility index (Phi) is 4.62. The predicted molar refractivity (Wildman–Crippen MR) is 103 cm³/mol. The number of ether oxygens (including phenoxy) is 3. The molecule has 0 aromatic heterocycles. The van der Waals surface area contributed by atoms with Gasteiger partial charge in [-0.2, -0.15) is 0 Å². The molecule has 158 valence electrons. The second kappa shape index (κ2) is 6.94. The molecule has 1 spiro atoms. The van der Waals surface area contributed by atoms with Crippen molar-refractivity contribution in [1.82, 2.24) is 0 Å². The highest BCUT2D eigenvalue weighted by atomic mass is 17.3. The first-order valence-corrected chi connectivity index (χ1v) is 10.6. The summed E-state index contributed by atoms with van der Waals surface area (Å²) >= 11 is 0. The molecule has 0 radical (unpaired) electrons. The minimum absolute atomic E-state index is 0.0440. The van der Waals surface area contributed by atoms with Gasteiger partial charge in [0, 0.05) is 23.9 Å². The highest BCUT2D eigenvalue weighted by molar-refractivity contribution is 5.84. The quantitative estimate of drug-likeness (QED) is 0.736. The highest BCUT2D eigenvalue weighted by Crippen LogP contribution is 2.60. The molecule has 4 heterocycles. The summed E-state index contributed by atoms with van der Waals surface area (Å²) in [6, 6.07) is 9.23. The van der Waals surface area contributed by atoms with E-state index in [1.165, 1.54) is 0 Å². The number of rotatable bonds is 2. The van der Waals surface area contributed by atoms with Gasteiger partial charge in [0.1, 0.15) is 0 Å². The average molecular weight is 403 g/mol. The molecular weight excluding hydrogens is 374 g/mol. The van der Waals surface area contributed by atoms with Crippen LogP contribution >= 0.6 is 0 Å². The van der Waals surface area contributed by atoms with E-state index in [-0.39, 0.29) is 17.8 Å². The number of anilines is 1. The maximum atomic E-state index is 12.5. The molecule has 29 heavy (non-hydrogen) atoms. The van der Waals surface area contributed by atoms with Crippen LogP contribution in [-0.2, 0) is 24.0 Å². The third-order valence-electron chi connectivity index (χ3n) is 7.34. The minimum atomic E-state index is -0.838. The molecule has 8 unspecified atom stereocenters. The average Bonchev–Trinajstić information content (AvgIpc) is 2.93. The van der Waals surface area contributed by atoms with Crippen LogP contribution in [0.15, 0.2) is 30.3 Å². The van der Waals surface area contributed by atoms with E-state index in [4.69, 9.17) is 24.0 Å². The molecule has 7 heteroatoms. The Balaban J connectivity index is 1.39. The molecule has 6 rings (SSSR count). The summed E-state index contributed by atoms with van der Waals surface area (Å²) in [6.45, 7) is 6.22. The van der Waals surface area contributed by atoms with E-state index in [0.29, 0.717) is 11.6 Å². The summed E-state index contributed by atoms with van der Waals surface area (Å²) in [7, 11) is 0. The van der Waals surface area contributed by atoms with Crippen molar-refractivity contribution >= 4 is 11.8 Å². The van der Waals surface area contributed by atoms with Gasteiger partial charge in [-0.15, -0.1) is 0 Å². The van der Waals surface area contributed by atoms with Crippen molar-refractivity contribution in [3.05, 3.63) is 30.3 Å². The number of amides is 1. The number of hydrogen-bond acceptors (Lipinski definition) is 6. The molecule has 4 aliphatic heterocycles. The van der Waals surface area contributed by atoms with Crippen molar-refractivity contribution in [2.75, 3.05) is 5.32 Å². The van der Waals surface area contributed by atoms with Crippen molar-refractivity contribution < 1.29 is 28.8 Å². The number of nitrogens with one attached hydrogen (secondary N) is 1. The molecule has 5 aliphatic rings. The molecule has 1 amide bonds. The molecule has 1 saturated carbocycles. The van der Waals surface area contributed by atoms with Crippen LogP contribution in [0.1, 0.15) is 46.5 Å².